The van der Waals surface area contributed by atoms with Gasteiger partial charge in [0.1, 0.15) is 0 Å². The van der Waals surface area contributed by atoms with Crippen LogP contribution < -0.4 is 5.32 Å². The van der Waals surface area contributed by atoms with Crippen molar-refractivity contribution in [2.75, 3.05) is 0 Å². The van der Waals surface area contributed by atoms with Crippen LogP contribution in [0.3, 0.4) is 0 Å². The summed E-state index contributed by atoms with van der Waals surface area (Å²) in [6.45, 7) is 6.82. The number of hydrogen-bond acceptors (Lipinski definition) is 3. The van der Waals surface area contributed by atoms with E-state index in [9.17, 15) is 9.59 Å². The van der Waals surface area contributed by atoms with E-state index < -0.39 is 5.97 Å². The molecule has 0 saturated heterocycles. The number of nitrogens with one attached hydrogen (secondary N) is 1. The SMILES string of the molecule is Cc1ccc2scc(C(=O)N[C@@H]3C[C@@H]4C[C@H]([C@@H]3CC=CCCCC(=O)O)C4(C)C)c2c1. The Bertz CT molecular complexity index is 1010. The van der Waals surface area contributed by atoms with Gasteiger partial charge in [-0.15, -0.1) is 11.3 Å². The average Bonchev–Trinajstić information content (AvgIpc) is 3.13. The van der Waals surface area contributed by atoms with E-state index in [-0.39, 0.29) is 18.4 Å². The van der Waals surface area contributed by atoms with Gasteiger partial charge in [0.05, 0.1) is 5.56 Å². The largest absolute Gasteiger partial charge is 0.481 e. The fraction of sp³-hybridized carbons (Fsp3) is 0.538. The molecule has 1 amide bonds. The Morgan fingerprint density at radius 3 is 2.81 bits per heavy atom. The molecule has 0 spiro atoms. The summed E-state index contributed by atoms with van der Waals surface area (Å²) in [5.74, 6) is 1.06. The van der Waals surface area contributed by atoms with Crippen molar-refractivity contribution in [3.63, 3.8) is 0 Å². The first kappa shape index (κ1) is 22.1. The Morgan fingerprint density at radius 1 is 1.26 bits per heavy atom. The molecule has 2 bridgehead atoms. The summed E-state index contributed by atoms with van der Waals surface area (Å²) in [5.41, 5.74) is 2.31. The summed E-state index contributed by atoms with van der Waals surface area (Å²) >= 11 is 1.63. The van der Waals surface area contributed by atoms with Crippen molar-refractivity contribution in [3.8, 4) is 0 Å². The summed E-state index contributed by atoms with van der Waals surface area (Å²) in [6.07, 6.45) is 9.29. The molecule has 3 aliphatic rings. The molecule has 1 aromatic carbocycles. The van der Waals surface area contributed by atoms with Gasteiger partial charge in [-0.25, -0.2) is 0 Å². The molecule has 0 unspecified atom stereocenters. The van der Waals surface area contributed by atoms with Gasteiger partial charge in [-0.3, -0.25) is 9.59 Å². The molecule has 1 heterocycles. The number of hydrogen-bond donors (Lipinski definition) is 2. The van der Waals surface area contributed by atoms with Crippen molar-refractivity contribution >= 4 is 33.3 Å². The fourth-order valence-corrected chi connectivity index (χ4v) is 6.67. The molecule has 1 aromatic heterocycles. The summed E-state index contributed by atoms with van der Waals surface area (Å²) in [7, 11) is 0. The van der Waals surface area contributed by atoms with Gasteiger partial charge in [0.15, 0.2) is 0 Å². The van der Waals surface area contributed by atoms with Crippen molar-refractivity contribution in [2.45, 2.75) is 65.3 Å². The molecule has 5 heteroatoms. The van der Waals surface area contributed by atoms with E-state index in [0.29, 0.717) is 29.6 Å². The highest BCUT2D eigenvalue weighted by Crippen LogP contribution is 2.62. The molecule has 2 aromatic rings. The molecule has 31 heavy (non-hydrogen) atoms. The lowest BCUT2D eigenvalue weighted by Crippen LogP contribution is -2.61. The average molecular weight is 440 g/mol. The third-order valence-corrected chi connectivity index (χ3v) is 8.71. The van der Waals surface area contributed by atoms with E-state index in [4.69, 9.17) is 5.11 Å². The van der Waals surface area contributed by atoms with E-state index in [1.807, 2.05) is 5.38 Å². The number of allylic oxidation sites excluding steroid dienone is 2. The summed E-state index contributed by atoms with van der Waals surface area (Å²) in [4.78, 5) is 23.9. The van der Waals surface area contributed by atoms with Crippen LogP contribution in [0.15, 0.2) is 35.7 Å². The first-order valence-corrected chi connectivity index (χ1v) is 12.3. The van der Waals surface area contributed by atoms with Crippen LogP contribution in [0.5, 0.6) is 0 Å². The highest BCUT2D eigenvalue weighted by Gasteiger charge is 2.57. The second kappa shape index (κ2) is 8.78. The maximum atomic E-state index is 13.2. The minimum atomic E-state index is -0.734. The number of fused-ring (bicyclic) bond motifs is 3. The molecule has 4 atom stereocenters. The third kappa shape index (κ3) is 4.43. The van der Waals surface area contributed by atoms with Crippen molar-refractivity contribution in [1.29, 1.82) is 0 Å². The van der Waals surface area contributed by atoms with Gasteiger partial charge < -0.3 is 10.4 Å². The van der Waals surface area contributed by atoms with Gasteiger partial charge >= 0.3 is 5.97 Å². The number of carbonyl (C=O) groups excluding carboxylic acids is 1. The summed E-state index contributed by atoms with van der Waals surface area (Å²) in [6, 6.07) is 6.51. The highest BCUT2D eigenvalue weighted by molar-refractivity contribution is 7.17. The number of carboxylic acid groups (broad SMARTS) is 1. The minimum absolute atomic E-state index is 0.0522. The lowest BCUT2D eigenvalue weighted by Gasteiger charge is -2.62. The van der Waals surface area contributed by atoms with E-state index in [1.54, 1.807) is 11.3 Å². The Kier molecular flexibility index (Phi) is 6.25. The van der Waals surface area contributed by atoms with Crippen LogP contribution >= 0.6 is 11.3 Å². The third-order valence-electron chi connectivity index (χ3n) is 7.74. The summed E-state index contributed by atoms with van der Waals surface area (Å²) < 4.78 is 1.16. The van der Waals surface area contributed by atoms with Crippen LogP contribution in [-0.4, -0.2) is 23.0 Å². The van der Waals surface area contributed by atoms with Crippen molar-refractivity contribution in [1.82, 2.24) is 5.32 Å². The van der Waals surface area contributed by atoms with Gasteiger partial charge in [0.2, 0.25) is 0 Å². The molecule has 0 radical (unpaired) electrons. The summed E-state index contributed by atoms with van der Waals surface area (Å²) in [5, 5.41) is 15.2. The second-order valence-electron chi connectivity index (χ2n) is 9.98. The van der Waals surface area contributed by atoms with E-state index in [1.165, 1.54) is 12.0 Å². The number of aryl methyl sites for hydroxylation is 1. The Balaban J connectivity index is 1.45. The highest BCUT2D eigenvalue weighted by atomic mass is 32.1. The Morgan fingerprint density at radius 2 is 2.06 bits per heavy atom. The first-order chi connectivity index (χ1) is 14.8. The number of unbranched alkanes of at least 4 members (excludes halogenated alkanes) is 1. The second-order valence-corrected chi connectivity index (χ2v) is 10.9. The molecule has 166 valence electrons. The molecule has 3 saturated carbocycles. The van der Waals surface area contributed by atoms with Crippen LogP contribution in [0.25, 0.3) is 10.1 Å². The molecule has 3 aliphatic carbocycles. The molecule has 0 aliphatic heterocycles. The maximum Gasteiger partial charge on any atom is 0.303 e. The van der Waals surface area contributed by atoms with E-state index in [2.05, 4.69) is 56.4 Å². The number of amides is 1. The number of aliphatic carboxylic acids is 1. The molecular weight excluding hydrogens is 406 g/mol. The zero-order valence-electron chi connectivity index (χ0n) is 18.7. The lowest BCUT2D eigenvalue weighted by molar-refractivity contribution is -0.137. The van der Waals surface area contributed by atoms with Crippen molar-refractivity contribution < 1.29 is 14.7 Å². The van der Waals surface area contributed by atoms with Gasteiger partial charge in [-0.2, -0.15) is 0 Å². The van der Waals surface area contributed by atoms with E-state index >= 15 is 0 Å². The van der Waals surface area contributed by atoms with Crippen LogP contribution in [0.2, 0.25) is 0 Å². The Labute approximate surface area is 188 Å². The van der Waals surface area contributed by atoms with Crippen molar-refractivity contribution in [2.24, 2.45) is 23.2 Å². The zero-order valence-corrected chi connectivity index (χ0v) is 19.5. The molecule has 2 N–H and O–H groups in total. The van der Waals surface area contributed by atoms with Gasteiger partial charge in [0, 0.05) is 27.9 Å². The number of thiophene rings is 1. The molecule has 3 fully saturated rings. The minimum Gasteiger partial charge on any atom is -0.481 e. The monoisotopic (exact) mass is 439 g/mol. The standard InChI is InChI=1S/C26H33NO3S/c1-16-10-11-23-19(12-16)20(15-31-23)25(30)27-22-14-17-13-21(26(17,2)3)18(22)8-6-4-5-7-9-24(28)29/h4,6,10-12,15,17-18,21-22H,5,7-9,13-14H2,1-3H3,(H,27,30)(H,28,29)/t17-,18-,21+,22+/m0/s1. The van der Waals surface area contributed by atoms with Crippen molar-refractivity contribution in [3.05, 3.63) is 46.9 Å². The predicted octanol–water partition coefficient (Wildman–Crippen LogP) is 6.19. The topological polar surface area (TPSA) is 66.4 Å². The van der Waals surface area contributed by atoms with Gasteiger partial charge in [-0.05, 0) is 74.3 Å². The van der Waals surface area contributed by atoms with Crippen LogP contribution in [0.1, 0.15) is 68.3 Å². The van der Waals surface area contributed by atoms with E-state index in [0.717, 1.165) is 34.9 Å². The van der Waals surface area contributed by atoms with Crippen LogP contribution in [-0.2, 0) is 4.79 Å². The number of carbonyl (C=O) groups is 2. The normalized spacial score (nSPS) is 26.7. The number of carboxylic acids is 1. The smallest absolute Gasteiger partial charge is 0.303 e. The Hall–Kier alpha value is -2.14. The van der Waals surface area contributed by atoms with Gasteiger partial charge in [0.25, 0.3) is 5.91 Å². The van der Waals surface area contributed by atoms with Gasteiger partial charge in [-0.1, -0.05) is 37.6 Å². The predicted molar refractivity (Wildman–Crippen MR) is 127 cm³/mol. The molecular formula is C26H33NO3S. The first-order valence-electron chi connectivity index (χ1n) is 11.4. The number of benzene rings is 1. The molecule has 5 rings (SSSR count). The number of rotatable bonds is 8. The fourth-order valence-electron chi connectivity index (χ4n) is 5.75. The zero-order chi connectivity index (χ0) is 22.2. The lowest BCUT2D eigenvalue weighted by atomic mass is 9.44. The maximum absolute atomic E-state index is 13.2. The van der Waals surface area contributed by atoms with Crippen LogP contribution in [0, 0.1) is 30.1 Å². The molecule has 4 nitrogen and oxygen atoms in total. The van der Waals surface area contributed by atoms with Crippen LogP contribution in [0.4, 0.5) is 0 Å². The quantitative estimate of drug-likeness (QED) is 0.381.